The van der Waals surface area contributed by atoms with Crippen LogP contribution in [0.1, 0.15) is 40.8 Å². The van der Waals surface area contributed by atoms with Gasteiger partial charge in [0.25, 0.3) is 0 Å². The van der Waals surface area contributed by atoms with Crippen LogP contribution in [0.2, 0.25) is 20.1 Å². The molecule has 4 bridgehead atoms. The predicted molar refractivity (Wildman–Crippen MR) is 128 cm³/mol. The first-order chi connectivity index (χ1) is 14.9. The molecule has 0 amide bonds. The van der Waals surface area contributed by atoms with Crippen molar-refractivity contribution < 1.29 is 9.47 Å². The summed E-state index contributed by atoms with van der Waals surface area (Å²) in [5.74, 6) is 0.688. The quantitative estimate of drug-likeness (QED) is 0.252. The molecule has 0 spiro atoms. The zero-order chi connectivity index (χ0) is 21.7. The summed E-state index contributed by atoms with van der Waals surface area (Å²) in [4.78, 5) is 0. The molecule has 2 nitrogen and oxygen atoms in total. The number of halogens is 4. The number of hydrogen-bond donors (Lipinski definition) is 0. The second-order valence-corrected chi connectivity index (χ2v) is 9.64. The molecular formula is C25H20Cl4O2. The first-order valence-electron chi connectivity index (χ1n) is 10.3. The zero-order valence-electron chi connectivity index (χ0n) is 16.9. The van der Waals surface area contributed by atoms with Crippen molar-refractivity contribution in [3.63, 3.8) is 0 Å². The monoisotopic (exact) mass is 492 g/mol. The van der Waals surface area contributed by atoms with E-state index in [-0.39, 0.29) is 32.3 Å². The van der Waals surface area contributed by atoms with Crippen LogP contribution in [0.3, 0.4) is 0 Å². The number of aryl methyl sites for hydroxylation is 4. The van der Waals surface area contributed by atoms with Gasteiger partial charge >= 0.3 is 0 Å². The van der Waals surface area contributed by atoms with E-state index in [0.29, 0.717) is 11.5 Å². The molecule has 0 unspecified atom stereocenters. The van der Waals surface area contributed by atoms with Gasteiger partial charge in [-0.3, -0.25) is 0 Å². The minimum atomic E-state index is -0.336. The molecule has 31 heavy (non-hydrogen) atoms. The van der Waals surface area contributed by atoms with E-state index in [2.05, 4.69) is 42.5 Å². The molecule has 4 aliphatic carbocycles. The molecule has 1 aliphatic heterocycles. The molecule has 0 fully saturated rings. The summed E-state index contributed by atoms with van der Waals surface area (Å²) in [6.45, 7) is 1.97. The zero-order valence-corrected chi connectivity index (χ0v) is 19.9. The highest BCUT2D eigenvalue weighted by atomic mass is 35.5. The first kappa shape index (κ1) is 21.3. The Hall–Kier alpha value is -1.58. The van der Waals surface area contributed by atoms with Crippen LogP contribution >= 0.6 is 46.4 Å². The molecule has 3 aromatic rings. The second kappa shape index (κ2) is 8.41. The lowest BCUT2D eigenvalue weighted by atomic mass is 9.90. The van der Waals surface area contributed by atoms with E-state index in [1.807, 2.05) is 6.92 Å². The Bertz CT molecular complexity index is 1160. The third kappa shape index (κ3) is 3.89. The Balaban J connectivity index is 1.56. The second-order valence-electron chi connectivity index (χ2n) is 8.13. The van der Waals surface area contributed by atoms with E-state index in [0.717, 1.165) is 31.2 Å². The molecule has 8 rings (SSSR count). The molecule has 1 heterocycles. The van der Waals surface area contributed by atoms with Crippen molar-refractivity contribution in [2.75, 3.05) is 0 Å². The van der Waals surface area contributed by atoms with Crippen LogP contribution in [-0.2, 0) is 25.7 Å². The largest absolute Gasteiger partial charge is 0.481 e. The highest BCUT2D eigenvalue weighted by molar-refractivity contribution is 6.53. The van der Waals surface area contributed by atoms with Crippen LogP contribution in [0.5, 0.6) is 11.5 Å². The topological polar surface area (TPSA) is 18.5 Å². The molecule has 0 saturated carbocycles. The molecule has 3 aromatic carbocycles. The fourth-order valence-electron chi connectivity index (χ4n) is 4.32. The minimum Gasteiger partial charge on any atom is -0.481 e. The van der Waals surface area contributed by atoms with Crippen molar-refractivity contribution in [1.82, 2.24) is 0 Å². The standard InChI is InChI=1S/C25H20Cl4O2/c1-13-23(31-25-22(29)20(27)19(26)21(28)24(25)30-13)18-12-16-7-6-14-2-4-15(5-3-14)8-10-17(18)11-9-16/h2-5,9,11-13,23H,6-8,10H2,1H3/t13-,23+/m1/s1. The lowest BCUT2D eigenvalue weighted by Gasteiger charge is -2.35. The molecular weight excluding hydrogens is 474 g/mol. The van der Waals surface area contributed by atoms with Gasteiger partial charge in [0, 0.05) is 0 Å². The van der Waals surface area contributed by atoms with Crippen molar-refractivity contribution >= 4 is 46.4 Å². The van der Waals surface area contributed by atoms with Crippen LogP contribution in [0.15, 0.2) is 42.5 Å². The summed E-state index contributed by atoms with van der Waals surface area (Å²) in [6.07, 6.45) is 3.20. The van der Waals surface area contributed by atoms with Crippen LogP contribution < -0.4 is 9.47 Å². The highest BCUT2D eigenvalue weighted by Crippen LogP contribution is 2.54. The summed E-state index contributed by atoms with van der Waals surface area (Å²) in [7, 11) is 0. The molecule has 160 valence electrons. The van der Waals surface area contributed by atoms with E-state index in [4.69, 9.17) is 55.9 Å². The molecule has 0 saturated heterocycles. The van der Waals surface area contributed by atoms with Gasteiger partial charge in [0.2, 0.25) is 0 Å². The Morgan fingerprint density at radius 3 is 1.81 bits per heavy atom. The normalized spacial score (nSPS) is 19.8. The van der Waals surface area contributed by atoms with Gasteiger partial charge in [-0.05, 0) is 60.4 Å². The van der Waals surface area contributed by atoms with Gasteiger partial charge in [-0.1, -0.05) is 88.9 Å². The molecule has 2 atom stereocenters. The predicted octanol–water partition coefficient (Wildman–Crippen LogP) is 8.09. The third-order valence-electron chi connectivity index (χ3n) is 6.08. The maximum Gasteiger partial charge on any atom is 0.184 e. The van der Waals surface area contributed by atoms with E-state index >= 15 is 0 Å². The van der Waals surface area contributed by atoms with Gasteiger partial charge in [-0.2, -0.15) is 0 Å². The minimum absolute atomic E-state index is 0.170. The smallest absolute Gasteiger partial charge is 0.184 e. The van der Waals surface area contributed by atoms with Gasteiger partial charge in [-0.25, -0.2) is 0 Å². The fraction of sp³-hybridized carbons (Fsp3) is 0.280. The lowest BCUT2D eigenvalue weighted by molar-refractivity contribution is 0.0304. The number of benzene rings is 3. The van der Waals surface area contributed by atoms with E-state index in [9.17, 15) is 0 Å². The third-order valence-corrected chi connectivity index (χ3v) is 7.85. The highest BCUT2D eigenvalue weighted by Gasteiger charge is 2.36. The summed E-state index contributed by atoms with van der Waals surface area (Å²) < 4.78 is 12.6. The van der Waals surface area contributed by atoms with Crippen LogP contribution in [0.25, 0.3) is 0 Å². The van der Waals surface area contributed by atoms with Gasteiger partial charge < -0.3 is 9.47 Å². The maximum absolute atomic E-state index is 6.46. The maximum atomic E-state index is 6.46. The van der Waals surface area contributed by atoms with Crippen molar-refractivity contribution in [1.29, 1.82) is 0 Å². The Morgan fingerprint density at radius 1 is 0.645 bits per heavy atom. The van der Waals surface area contributed by atoms with Gasteiger partial charge in [0.1, 0.15) is 16.1 Å². The van der Waals surface area contributed by atoms with E-state index in [1.165, 1.54) is 22.3 Å². The summed E-state index contributed by atoms with van der Waals surface area (Å²) in [5, 5.41) is 0.775. The number of fused-ring (bicyclic) bond motifs is 1. The van der Waals surface area contributed by atoms with E-state index in [1.54, 1.807) is 0 Å². The van der Waals surface area contributed by atoms with Gasteiger partial charge in [0.05, 0.1) is 10.0 Å². The van der Waals surface area contributed by atoms with E-state index < -0.39 is 0 Å². The molecule has 6 heteroatoms. The van der Waals surface area contributed by atoms with Crippen LogP contribution in [0.4, 0.5) is 0 Å². The number of rotatable bonds is 1. The molecule has 0 N–H and O–H groups in total. The van der Waals surface area contributed by atoms with Crippen molar-refractivity contribution in [2.45, 2.75) is 44.8 Å². The van der Waals surface area contributed by atoms with Crippen molar-refractivity contribution in [3.05, 3.63) is 90.4 Å². The summed E-state index contributed by atoms with van der Waals surface area (Å²) in [5.41, 5.74) is 6.30. The SMILES string of the molecule is C[C@H]1Oc2c(Cl)c(Cl)c(Cl)c(Cl)c2O[C@@H]1c1cc2ccc1CCc1ccc(cc1)CC2. The van der Waals surface area contributed by atoms with Gasteiger partial charge in [0.15, 0.2) is 17.6 Å². The van der Waals surface area contributed by atoms with Crippen molar-refractivity contribution in [3.8, 4) is 11.5 Å². The summed E-state index contributed by atoms with van der Waals surface area (Å²) >= 11 is 25.3. The summed E-state index contributed by atoms with van der Waals surface area (Å²) in [6, 6.07) is 15.6. The van der Waals surface area contributed by atoms with Crippen molar-refractivity contribution in [2.24, 2.45) is 0 Å². The fourth-order valence-corrected chi connectivity index (χ4v) is 5.23. The van der Waals surface area contributed by atoms with Crippen LogP contribution in [0, 0.1) is 0 Å². The number of ether oxygens (including phenoxy) is 2. The Kier molecular flexibility index (Phi) is 5.77. The Labute approximate surface area is 202 Å². The average molecular weight is 494 g/mol. The molecule has 0 radical (unpaired) electrons. The van der Waals surface area contributed by atoms with Gasteiger partial charge in [-0.15, -0.1) is 0 Å². The first-order valence-corrected chi connectivity index (χ1v) is 11.8. The average Bonchev–Trinajstić information content (AvgIpc) is 2.78. The van der Waals surface area contributed by atoms with Crippen LogP contribution in [-0.4, -0.2) is 6.10 Å². The number of hydrogen-bond acceptors (Lipinski definition) is 2. The molecule has 5 aliphatic rings. The lowest BCUT2D eigenvalue weighted by Crippen LogP contribution is -2.32. The Morgan fingerprint density at radius 2 is 1.16 bits per heavy atom. The molecule has 0 aromatic heterocycles.